The number of carbonyl (C=O) groups is 1. The predicted octanol–water partition coefficient (Wildman–Crippen LogP) is 0.646. The van der Waals surface area contributed by atoms with Crippen LogP contribution in [-0.2, 0) is 4.79 Å². The van der Waals surface area contributed by atoms with E-state index in [1.807, 2.05) is 18.2 Å². The van der Waals surface area contributed by atoms with Gasteiger partial charge >= 0.3 is 0 Å². The molecule has 0 radical (unpaired) electrons. The van der Waals surface area contributed by atoms with Crippen LogP contribution >= 0.6 is 0 Å². The van der Waals surface area contributed by atoms with E-state index in [4.69, 9.17) is 0 Å². The normalized spacial score (nSPS) is 24.4. The summed E-state index contributed by atoms with van der Waals surface area (Å²) in [6, 6.07) is 5.79. The Bertz CT molecular complexity index is 862. The van der Waals surface area contributed by atoms with Crippen molar-refractivity contribution in [1.82, 2.24) is 20.4 Å². The molecule has 2 aromatic rings. The minimum atomic E-state index is -0.501. The van der Waals surface area contributed by atoms with E-state index in [2.05, 4.69) is 27.6 Å². The molecular formula is C18H23N5O2. The average molecular weight is 341 g/mol. The highest BCUT2D eigenvalue weighted by Gasteiger charge is 2.26. The lowest BCUT2D eigenvalue weighted by molar-refractivity contribution is -0.126. The molecule has 1 aromatic heterocycles. The van der Waals surface area contributed by atoms with E-state index in [-0.39, 0.29) is 11.5 Å². The Balaban J connectivity index is 1.72. The molecule has 2 saturated heterocycles. The van der Waals surface area contributed by atoms with Crippen LogP contribution in [0.4, 0.5) is 5.69 Å². The van der Waals surface area contributed by atoms with E-state index >= 15 is 0 Å². The van der Waals surface area contributed by atoms with Crippen molar-refractivity contribution in [2.45, 2.75) is 31.8 Å². The van der Waals surface area contributed by atoms with Gasteiger partial charge < -0.3 is 15.5 Å². The molecule has 0 bridgehead atoms. The summed E-state index contributed by atoms with van der Waals surface area (Å²) in [5.74, 6) is -0.119. The number of piperidine rings is 1. The van der Waals surface area contributed by atoms with Gasteiger partial charge in [-0.25, -0.2) is 4.68 Å². The Morgan fingerprint density at radius 3 is 2.92 bits per heavy atom. The van der Waals surface area contributed by atoms with E-state index in [0.29, 0.717) is 24.4 Å². The van der Waals surface area contributed by atoms with Gasteiger partial charge in [-0.2, -0.15) is 5.10 Å². The van der Waals surface area contributed by atoms with Crippen LogP contribution in [0.5, 0.6) is 0 Å². The zero-order valence-electron chi connectivity index (χ0n) is 14.4. The first kappa shape index (κ1) is 16.1. The van der Waals surface area contributed by atoms with Gasteiger partial charge in [0.05, 0.1) is 11.6 Å². The average Bonchev–Trinajstić information content (AvgIpc) is 2.63. The molecule has 2 aliphatic rings. The van der Waals surface area contributed by atoms with Crippen molar-refractivity contribution < 1.29 is 4.79 Å². The van der Waals surface area contributed by atoms with Crippen LogP contribution in [0, 0.1) is 0 Å². The van der Waals surface area contributed by atoms with Crippen LogP contribution in [-0.4, -0.2) is 47.9 Å². The molecule has 4 rings (SSSR count). The molecule has 2 fully saturated rings. The number of amides is 1. The standard InChI is InChI=1S/C18H23N5O2/c1-12-10-19-7-8-22(12)14-4-5-15-13(9-14)11-21-23(18(15)25)16-3-2-6-20-17(16)24/h4-5,9,11-12,16,19H,2-3,6-8,10H2,1H3,(H,20,24)/t12-,16?/m1/s1. The number of aromatic nitrogens is 2. The quantitative estimate of drug-likeness (QED) is 0.838. The summed E-state index contributed by atoms with van der Waals surface area (Å²) in [4.78, 5) is 27.2. The van der Waals surface area contributed by atoms with Gasteiger partial charge in [0.15, 0.2) is 0 Å². The maximum atomic E-state index is 12.8. The second kappa shape index (κ2) is 6.48. The van der Waals surface area contributed by atoms with Gasteiger partial charge in [-0.1, -0.05) is 0 Å². The fourth-order valence-electron chi connectivity index (χ4n) is 3.77. The third-order valence-electron chi connectivity index (χ3n) is 5.18. The largest absolute Gasteiger partial charge is 0.366 e. The van der Waals surface area contributed by atoms with Crippen molar-refractivity contribution in [2.24, 2.45) is 0 Å². The summed E-state index contributed by atoms with van der Waals surface area (Å²) >= 11 is 0. The first-order valence-electron chi connectivity index (χ1n) is 8.92. The summed E-state index contributed by atoms with van der Waals surface area (Å²) in [5, 5.41) is 11.9. The molecule has 7 heteroatoms. The Morgan fingerprint density at radius 1 is 1.24 bits per heavy atom. The van der Waals surface area contributed by atoms with Crippen LogP contribution in [0.3, 0.4) is 0 Å². The van der Waals surface area contributed by atoms with Crippen molar-refractivity contribution in [3.05, 3.63) is 34.7 Å². The summed E-state index contributed by atoms with van der Waals surface area (Å²) < 4.78 is 1.34. The summed E-state index contributed by atoms with van der Waals surface area (Å²) in [6.07, 6.45) is 3.22. The number of benzene rings is 1. The van der Waals surface area contributed by atoms with Crippen molar-refractivity contribution in [2.75, 3.05) is 31.1 Å². The van der Waals surface area contributed by atoms with Crippen LogP contribution in [0.1, 0.15) is 25.8 Å². The minimum Gasteiger partial charge on any atom is -0.366 e. The van der Waals surface area contributed by atoms with Gasteiger partial charge in [0.2, 0.25) is 5.91 Å². The fourth-order valence-corrected chi connectivity index (χ4v) is 3.77. The molecule has 2 aliphatic heterocycles. The number of hydrogen-bond donors (Lipinski definition) is 2. The van der Waals surface area contributed by atoms with Crippen LogP contribution in [0.15, 0.2) is 29.2 Å². The smallest absolute Gasteiger partial charge is 0.275 e. The van der Waals surface area contributed by atoms with E-state index in [9.17, 15) is 9.59 Å². The van der Waals surface area contributed by atoms with Gasteiger partial charge in [-0.3, -0.25) is 9.59 Å². The summed E-state index contributed by atoms with van der Waals surface area (Å²) in [6.45, 7) is 5.71. The monoisotopic (exact) mass is 341 g/mol. The second-order valence-electron chi connectivity index (χ2n) is 6.86. The SMILES string of the molecule is C[C@@H]1CNCCN1c1ccc2c(=O)n(C3CCCNC3=O)ncc2c1. The number of nitrogens with zero attached hydrogens (tertiary/aromatic N) is 3. The van der Waals surface area contributed by atoms with Crippen molar-refractivity contribution >= 4 is 22.4 Å². The van der Waals surface area contributed by atoms with Crippen LogP contribution < -0.4 is 21.1 Å². The zero-order valence-corrected chi connectivity index (χ0v) is 14.4. The third-order valence-corrected chi connectivity index (χ3v) is 5.18. The molecule has 3 heterocycles. The molecule has 25 heavy (non-hydrogen) atoms. The Hall–Kier alpha value is -2.41. The molecule has 132 valence electrons. The Kier molecular flexibility index (Phi) is 4.17. The molecule has 2 atom stereocenters. The molecule has 0 spiro atoms. The lowest BCUT2D eigenvalue weighted by Crippen LogP contribution is -2.49. The molecular weight excluding hydrogens is 318 g/mol. The summed E-state index contributed by atoms with van der Waals surface area (Å²) in [7, 11) is 0. The number of anilines is 1. The highest BCUT2D eigenvalue weighted by molar-refractivity contribution is 5.85. The summed E-state index contributed by atoms with van der Waals surface area (Å²) in [5.41, 5.74) is 0.912. The lowest BCUT2D eigenvalue weighted by atomic mass is 10.1. The van der Waals surface area contributed by atoms with Crippen molar-refractivity contribution in [3.63, 3.8) is 0 Å². The van der Waals surface area contributed by atoms with Gasteiger partial charge in [0.25, 0.3) is 5.56 Å². The molecule has 1 amide bonds. The van der Waals surface area contributed by atoms with E-state index in [1.165, 1.54) is 4.68 Å². The van der Waals surface area contributed by atoms with Gasteiger partial charge in [-0.15, -0.1) is 0 Å². The number of rotatable bonds is 2. The van der Waals surface area contributed by atoms with E-state index < -0.39 is 6.04 Å². The lowest BCUT2D eigenvalue weighted by Gasteiger charge is -2.36. The van der Waals surface area contributed by atoms with E-state index in [1.54, 1.807) is 6.20 Å². The third kappa shape index (κ3) is 2.89. The zero-order chi connectivity index (χ0) is 17.4. The molecule has 1 unspecified atom stereocenters. The first-order chi connectivity index (χ1) is 12.1. The van der Waals surface area contributed by atoms with Gasteiger partial charge in [-0.05, 0) is 38.0 Å². The Labute approximate surface area is 146 Å². The predicted molar refractivity (Wildman–Crippen MR) is 97.0 cm³/mol. The maximum Gasteiger partial charge on any atom is 0.275 e. The van der Waals surface area contributed by atoms with Gasteiger partial charge in [0.1, 0.15) is 6.04 Å². The van der Waals surface area contributed by atoms with Crippen LogP contribution in [0.25, 0.3) is 10.8 Å². The van der Waals surface area contributed by atoms with Crippen LogP contribution in [0.2, 0.25) is 0 Å². The molecule has 7 nitrogen and oxygen atoms in total. The number of hydrogen-bond acceptors (Lipinski definition) is 5. The molecule has 1 aromatic carbocycles. The number of nitrogens with one attached hydrogen (secondary N) is 2. The number of piperazine rings is 1. The molecule has 0 saturated carbocycles. The minimum absolute atomic E-state index is 0.119. The number of fused-ring (bicyclic) bond motifs is 1. The first-order valence-corrected chi connectivity index (χ1v) is 8.92. The van der Waals surface area contributed by atoms with Crippen molar-refractivity contribution in [1.29, 1.82) is 0 Å². The highest BCUT2D eigenvalue weighted by atomic mass is 16.2. The highest BCUT2D eigenvalue weighted by Crippen LogP contribution is 2.23. The topological polar surface area (TPSA) is 79.3 Å². The Morgan fingerprint density at radius 2 is 2.12 bits per heavy atom. The fraction of sp³-hybridized carbons (Fsp3) is 0.500. The van der Waals surface area contributed by atoms with Crippen molar-refractivity contribution in [3.8, 4) is 0 Å². The maximum absolute atomic E-state index is 12.8. The number of carbonyl (C=O) groups excluding carboxylic acids is 1. The molecule has 2 N–H and O–H groups in total. The second-order valence-corrected chi connectivity index (χ2v) is 6.86. The van der Waals surface area contributed by atoms with E-state index in [0.717, 1.165) is 37.1 Å². The van der Waals surface area contributed by atoms with Gasteiger partial charge in [0, 0.05) is 43.3 Å². The molecule has 0 aliphatic carbocycles.